The van der Waals surface area contributed by atoms with Gasteiger partial charge in [0.1, 0.15) is 0 Å². The highest BCUT2D eigenvalue weighted by Crippen LogP contribution is 2.16. The van der Waals surface area contributed by atoms with Crippen molar-refractivity contribution in [1.82, 2.24) is 15.5 Å². The maximum Gasteiger partial charge on any atom is 0.251 e. The van der Waals surface area contributed by atoms with Crippen LogP contribution in [0.4, 0.5) is 0 Å². The van der Waals surface area contributed by atoms with Gasteiger partial charge in [0.05, 0.1) is 19.3 Å². The van der Waals surface area contributed by atoms with E-state index in [1.54, 1.807) is 12.1 Å². The van der Waals surface area contributed by atoms with E-state index in [1.165, 1.54) is 0 Å². The molecule has 0 spiro atoms. The molecule has 0 aromatic heterocycles. The molecule has 0 aliphatic carbocycles. The third kappa shape index (κ3) is 6.69. The van der Waals surface area contributed by atoms with Crippen LogP contribution in [0.3, 0.4) is 0 Å². The highest BCUT2D eigenvalue weighted by atomic mass is 16.5. The highest BCUT2D eigenvalue weighted by Gasteiger charge is 2.21. The fourth-order valence-corrected chi connectivity index (χ4v) is 3.44. The van der Waals surface area contributed by atoms with Gasteiger partial charge >= 0.3 is 0 Å². The Bertz CT molecular complexity index is 776. The molecule has 1 fully saturated rings. The van der Waals surface area contributed by atoms with Crippen LogP contribution >= 0.6 is 0 Å². The van der Waals surface area contributed by atoms with E-state index in [2.05, 4.69) is 15.5 Å². The average Bonchev–Trinajstić information content (AvgIpc) is 2.75. The molecule has 1 heterocycles. The Hall–Kier alpha value is -2.70. The van der Waals surface area contributed by atoms with Crippen LogP contribution in [0.1, 0.15) is 35.3 Å². The summed E-state index contributed by atoms with van der Waals surface area (Å²) in [6.45, 7) is 5.76. The van der Waals surface area contributed by atoms with Crippen LogP contribution in [0.2, 0.25) is 0 Å². The van der Waals surface area contributed by atoms with Crippen molar-refractivity contribution in [2.75, 3.05) is 32.8 Å². The van der Waals surface area contributed by atoms with Gasteiger partial charge in [0, 0.05) is 37.7 Å². The van der Waals surface area contributed by atoms with Gasteiger partial charge in [-0.1, -0.05) is 48.5 Å². The predicted octanol–water partition coefficient (Wildman–Crippen LogP) is 2.38. The Kier molecular flexibility index (Phi) is 7.78. The number of ether oxygens (including phenoxy) is 1. The number of hydrogen-bond donors (Lipinski definition) is 2. The van der Waals surface area contributed by atoms with Crippen molar-refractivity contribution < 1.29 is 14.3 Å². The summed E-state index contributed by atoms with van der Waals surface area (Å²) >= 11 is 0. The molecule has 1 saturated heterocycles. The molecule has 1 aliphatic heterocycles. The zero-order chi connectivity index (χ0) is 20.5. The number of hydrogen-bond acceptors (Lipinski definition) is 4. The molecular weight excluding hydrogens is 366 g/mol. The largest absolute Gasteiger partial charge is 0.379 e. The van der Waals surface area contributed by atoms with Crippen LogP contribution in [-0.2, 0) is 9.53 Å². The number of nitrogens with one attached hydrogen (secondary N) is 2. The lowest BCUT2D eigenvalue weighted by molar-refractivity contribution is -0.122. The van der Waals surface area contributed by atoms with Gasteiger partial charge in [-0.2, -0.15) is 0 Å². The van der Waals surface area contributed by atoms with E-state index >= 15 is 0 Å². The first-order chi connectivity index (χ1) is 14.1. The first-order valence-corrected chi connectivity index (χ1v) is 10.1. The Balaban J connectivity index is 1.56. The van der Waals surface area contributed by atoms with Crippen LogP contribution in [0.25, 0.3) is 0 Å². The molecule has 2 amide bonds. The standard InChI is InChI=1S/C23H29N3O3/c1-18(24-23(28)20-10-6-3-7-11-20)16-22(27)25-21(19-8-4-2-5-9-19)17-26-12-14-29-15-13-26/h2-11,18,21H,12-17H2,1H3,(H,24,28)(H,25,27). The Labute approximate surface area is 172 Å². The quantitative estimate of drug-likeness (QED) is 0.720. The van der Waals surface area contributed by atoms with E-state index in [-0.39, 0.29) is 30.3 Å². The summed E-state index contributed by atoms with van der Waals surface area (Å²) < 4.78 is 5.42. The van der Waals surface area contributed by atoms with E-state index in [0.29, 0.717) is 5.56 Å². The number of benzene rings is 2. The van der Waals surface area contributed by atoms with Gasteiger partial charge in [0.25, 0.3) is 5.91 Å². The smallest absolute Gasteiger partial charge is 0.251 e. The molecule has 2 atom stereocenters. The molecule has 6 nitrogen and oxygen atoms in total. The molecule has 154 valence electrons. The number of rotatable bonds is 8. The lowest BCUT2D eigenvalue weighted by Gasteiger charge is -2.31. The monoisotopic (exact) mass is 395 g/mol. The second-order valence-corrected chi connectivity index (χ2v) is 7.39. The van der Waals surface area contributed by atoms with E-state index < -0.39 is 0 Å². The third-order valence-electron chi connectivity index (χ3n) is 4.99. The van der Waals surface area contributed by atoms with E-state index in [0.717, 1.165) is 38.4 Å². The first kappa shape index (κ1) is 21.0. The van der Waals surface area contributed by atoms with Crippen molar-refractivity contribution in [1.29, 1.82) is 0 Å². The molecule has 2 aromatic carbocycles. The maximum atomic E-state index is 12.7. The molecule has 2 aromatic rings. The Morgan fingerprint density at radius 1 is 0.966 bits per heavy atom. The molecule has 6 heteroatoms. The van der Waals surface area contributed by atoms with Crippen LogP contribution in [0.15, 0.2) is 60.7 Å². The van der Waals surface area contributed by atoms with Gasteiger partial charge in [0.15, 0.2) is 0 Å². The van der Waals surface area contributed by atoms with Crippen LogP contribution < -0.4 is 10.6 Å². The number of carbonyl (C=O) groups is 2. The van der Waals surface area contributed by atoms with Gasteiger partial charge in [0.2, 0.25) is 5.91 Å². The van der Waals surface area contributed by atoms with Crippen LogP contribution in [-0.4, -0.2) is 55.6 Å². The number of nitrogens with zero attached hydrogens (tertiary/aromatic N) is 1. The van der Waals surface area contributed by atoms with Crippen LogP contribution in [0, 0.1) is 0 Å². The van der Waals surface area contributed by atoms with Crippen molar-refractivity contribution in [2.45, 2.75) is 25.4 Å². The van der Waals surface area contributed by atoms with E-state index in [1.807, 2.05) is 55.5 Å². The molecule has 2 unspecified atom stereocenters. The van der Waals surface area contributed by atoms with Gasteiger partial charge in [-0.15, -0.1) is 0 Å². The van der Waals surface area contributed by atoms with Crippen LogP contribution in [0.5, 0.6) is 0 Å². The summed E-state index contributed by atoms with van der Waals surface area (Å²) in [4.78, 5) is 27.3. The third-order valence-corrected chi connectivity index (χ3v) is 4.99. The molecule has 2 N–H and O–H groups in total. The zero-order valence-electron chi connectivity index (χ0n) is 16.8. The van der Waals surface area contributed by atoms with Crippen molar-refractivity contribution >= 4 is 11.8 Å². The second-order valence-electron chi connectivity index (χ2n) is 7.39. The summed E-state index contributed by atoms with van der Waals surface area (Å²) in [5, 5.41) is 6.05. The minimum absolute atomic E-state index is 0.0759. The molecule has 0 saturated carbocycles. The number of carbonyl (C=O) groups excluding carboxylic acids is 2. The minimum atomic E-state index is -0.262. The summed E-state index contributed by atoms with van der Waals surface area (Å²) in [6.07, 6.45) is 0.227. The predicted molar refractivity (Wildman–Crippen MR) is 113 cm³/mol. The summed E-state index contributed by atoms with van der Waals surface area (Å²) in [5.74, 6) is -0.244. The summed E-state index contributed by atoms with van der Waals surface area (Å²) in [7, 11) is 0. The SMILES string of the molecule is CC(CC(=O)NC(CN1CCOCC1)c1ccccc1)NC(=O)c1ccccc1. The fourth-order valence-electron chi connectivity index (χ4n) is 3.44. The average molecular weight is 396 g/mol. The molecule has 29 heavy (non-hydrogen) atoms. The van der Waals surface area contributed by atoms with E-state index in [4.69, 9.17) is 4.74 Å². The van der Waals surface area contributed by atoms with Gasteiger partial charge in [-0.25, -0.2) is 0 Å². The van der Waals surface area contributed by atoms with Crippen molar-refractivity contribution in [3.63, 3.8) is 0 Å². The van der Waals surface area contributed by atoms with Crippen molar-refractivity contribution in [3.05, 3.63) is 71.8 Å². The first-order valence-electron chi connectivity index (χ1n) is 10.1. The molecular formula is C23H29N3O3. The highest BCUT2D eigenvalue weighted by molar-refractivity contribution is 5.94. The van der Waals surface area contributed by atoms with Gasteiger partial charge in [-0.05, 0) is 24.6 Å². The second kappa shape index (κ2) is 10.7. The minimum Gasteiger partial charge on any atom is -0.379 e. The molecule has 1 aliphatic rings. The van der Waals surface area contributed by atoms with Crippen molar-refractivity contribution in [3.8, 4) is 0 Å². The fraction of sp³-hybridized carbons (Fsp3) is 0.391. The topological polar surface area (TPSA) is 70.7 Å². The number of morpholine rings is 1. The Morgan fingerprint density at radius 3 is 2.24 bits per heavy atom. The van der Waals surface area contributed by atoms with Gasteiger partial charge < -0.3 is 15.4 Å². The summed E-state index contributed by atoms with van der Waals surface area (Å²) in [5.41, 5.74) is 1.67. The maximum absolute atomic E-state index is 12.7. The lowest BCUT2D eigenvalue weighted by Crippen LogP contribution is -2.44. The normalized spacial score (nSPS) is 16.6. The Morgan fingerprint density at radius 2 is 1.59 bits per heavy atom. The summed E-state index contributed by atoms with van der Waals surface area (Å²) in [6, 6.07) is 18.7. The lowest BCUT2D eigenvalue weighted by atomic mass is 10.1. The molecule has 0 radical (unpaired) electrons. The van der Waals surface area contributed by atoms with E-state index in [9.17, 15) is 9.59 Å². The number of amides is 2. The zero-order valence-corrected chi connectivity index (χ0v) is 16.8. The van der Waals surface area contributed by atoms with Crippen molar-refractivity contribution in [2.24, 2.45) is 0 Å². The molecule has 0 bridgehead atoms. The van der Waals surface area contributed by atoms with Gasteiger partial charge in [-0.3, -0.25) is 14.5 Å². The molecule has 3 rings (SSSR count).